The predicted molar refractivity (Wildman–Crippen MR) is 173 cm³/mol. The molecule has 11 heteroatoms. The normalized spacial score (nSPS) is 26.8. The lowest BCUT2D eigenvalue weighted by atomic mass is 9.58. The van der Waals surface area contributed by atoms with E-state index in [1.807, 2.05) is 18.2 Å². The number of anilines is 1. The van der Waals surface area contributed by atoms with Gasteiger partial charge in [0.25, 0.3) is 0 Å². The van der Waals surface area contributed by atoms with Crippen LogP contribution in [0.25, 0.3) is 0 Å². The molecule has 3 heterocycles. The number of rotatable bonds is 11. The third-order valence-electron chi connectivity index (χ3n) is 11.4. The molecule has 0 aromatic heterocycles. The van der Waals surface area contributed by atoms with Gasteiger partial charge in [0.2, 0.25) is 0 Å². The first-order valence-electron chi connectivity index (χ1n) is 17.0. The monoisotopic (exact) mass is 656 g/mol. The zero-order valence-corrected chi connectivity index (χ0v) is 27.2. The van der Waals surface area contributed by atoms with Gasteiger partial charge in [0, 0.05) is 62.2 Å². The molecule has 2 aliphatic carbocycles. The van der Waals surface area contributed by atoms with E-state index in [2.05, 4.69) is 14.7 Å². The SMILES string of the molecule is NC(=O)O[C@H]1CCC[C@@H]1C(CN1CC(F)C1)(c1cccc(F)c1)C1CCN(CC2CN(c3ccc(S(=O)(=O)C4CC4)cc3)C2)CC1. The molecular formula is C35H46F2N4O4S. The van der Waals surface area contributed by atoms with E-state index in [1.165, 1.54) is 6.07 Å². The molecule has 5 aliphatic rings. The fourth-order valence-electron chi connectivity index (χ4n) is 8.99. The second-order valence-electron chi connectivity index (χ2n) is 14.4. The molecule has 2 saturated carbocycles. The van der Waals surface area contributed by atoms with Crippen molar-refractivity contribution in [3.05, 3.63) is 59.9 Å². The number of benzene rings is 2. The molecular weight excluding hydrogens is 610 g/mol. The van der Waals surface area contributed by atoms with Crippen LogP contribution in [0.5, 0.6) is 0 Å². The van der Waals surface area contributed by atoms with Crippen LogP contribution >= 0.6 is 0 Å². The number of halogens is 2. The van der Waals surface area contributed by atoms with Gasteiger partial charge in [-0.2, -0.15) is 0 Å². The summed E-state index contributed by atoms with van der Waals surface area (Å²) in [4.78, 5) is 19.4. The minimum absolute atomic E-state index is 0.0251. The number of nitrogens with two attached hydrogens (primary N) is 1. The first-order chi connectivity index (χ1) is 22.1. The van der Waals surface area contributed by atoms with Gasteiger partial charge in [0.05, 0.1) is 10.1 Å². The molecule has 1 unspecified atom stereocenters. The lowest BCUT2D eigenvalue weighted by Gasteiger charge is -2.54. The molecule has 0 radical (unpaired) electrons. The zero-order valence-electron chi connectivity index (χ0n) is 26.4. The van der Waals surface area contributed by atoms with Crippen molar-refractivity contribution in [2.75, 3.05) is 57.3 Å². The van der Waals surface area contributed by atoms with Gasteiger partial charge < -0.3 is 20.3 Å². The molecule has 46 heavy (non-hydrogen) atoms. The van der Waals surface area contributed by atoms with E-state index in [9.17, 15) is 22.0 Å². The molecule has 5 fully saturated rings. The minimum atomic E-state index is -3.17. The Bertz CT molecular complexity index is 1500. The number of alkyl halides is 1. The number of sulfone groups is 1. The fourth-order valence-corrected chi connectivity index (χ4v) is 10.6. The summed E-state index contributed by atoms with van der Waals surface area (Å²) < 4.78 is 59.8. The van der Waals surface area contributed by atoms with Gasteiger partial charge in [-0.1, -0.05) is 12.1 Å². The van der Waals surface area contributed by atoms with Crippen LogP contribution in [0.2, 0.25) is 0 Å². The first-order valence-corrected chi connectivity index (χ1v) is 18.6. The third-order valence-corrected chi connectivity index (χ3v) is 13.7. The highest BCUT2D eigenvalue weighted by molar-refractivity contribution is 7.92. The summed E-state index contributed by atoms with van der Waals surface area (Å²) in [5.41, 5.74) is 7.02. The van der Waals surface area contributed by atoms with E-state index in [-0.39, 0.29) is 29.0 Å². The second-order valence-corrected chi connectivity index (χ2v) is 16.7. The molecule has 1 amide bonds. The van der Waals surface area contributed by atoms with Crippen molar-refractivity contribution in [2.45, 2.75) is 72.8 Å². The zero-order chi connectivity index (χ0) is 32.1. The van der Waals surface area contributed by atoms with Gasteiger partial charge in [0.15, 0.2) is 9.84 Å². The number of amides is 1. The number of carbonyl (C=O) groups is 1. The summed E-state index contributed by atoms with van der Waals surface area (Å²) >= 11 is 0. The largest absolute Gasteiger partial charge is 0.446 e. The third kappa shape index (κ3) is 6.27. The van der Waals surface area contributed by atoms with Crippen molar-refractivity contribution in [2.24, 2.45) is 23.5 Å². The van der Waals surface area contributed by atoms with Crippen molar-refractivity contribution in [3.63, 3.8) is 0 Å². The highest BCUT2D eigenvalue weighted by atomic mass is 32.2. The maximum absolute atomic E-state index is 14.8. The van der Waals surface area contributed by atoms with E-state index in [1.54, 1.807) is 24.3 Å². The Morgan fingerprint density at radius 3 is 2.28 bits per heavy atom. The number of piperidine rings is 1. The Kier molecular flexibility index (Phi) is 8.78. The summed E-state index contributed by atoms with van der Waals surface area (Å²) in [6, 6.07) is 14.3. The number of hydrogen-bond donors (Lipinski definition) is 1. The molecule has 2 N–H and O–H groups in total. The molecule has 8 nitrogen and oxygen atoms in total. The average molecular weight is 657 g/mol. The van der Waals surface area contributed by atoms with Crippen LogP contribution in [-0.2, 0) is 20.0 Å². The maximum atomic E-state index is 14.8. The van der Waals surface area contributed by atoms with Gasteiger partial charge in [-0.15, -0.1) is 0 Å². The van der Waals surface area contributed by atoms with Crippen molar-refractivity contribution in [1.29, 1.82) is 0 Å². The number of carbonyl (C=O) groups excluding carboxylic acids is 1. The fraction of sp³-hybridized carbons (Fsp3) is 0.629. The number of primary amides is 1. The highest BCUT2D eigenvalue weighted by Crippen LogP contribution is 2.52. The van der Waals surface area contributed by atoms with Gasteiger partial charge >= 0.3 is 6.09 Å². The summed E-state index contributed by atoms with van der Waals surface area (Å²) in [7, 11) is -3.17. The van der Waals surface area contributed by atoms with Gasteiger partial charge in [-0.3, -0.25) is 4.90 Å². The molecule has 250 valence electrons. The van der Waals surface area contributed by atoms with Gasteiger partial charge in [0.1, 0.15) is 18.1 Å². The molecule has 7 rings (SSSR count). The Labute approximate surface area is 271 Å². The van der Waals surface area contributed by atoms with E-state index >= 15 is 0 Å². The van der Waals surface area contributed by atoms with Crippen LogP contribution in [0.1, 0.15) is 50.5 Å². The van der Waals surface area contributed by atoms with Crippen LogP contribution in [0.15, 0.2) is 53.4 Å². The quantitative estimate of drug-likeness (QED) is 0.373. The van der Waals surface area contributed by atoms with E-state index < -0.39 is 27.5 Å². The van der Waals surface area contributed by atoms with E-state index in [0.717, 1.165) is 88.9 Å². The molecule has 0 spiro atoms. The van der Waals surface area contributed by atoms with Crippen LogP contribution < -0.4 is 10.6 Å². The minimum Gasteiger partial charge on any atom is -0.446 e. The molecule has 0 bridgehead atoms. The highest BCUT2D eigenvalue weighted by Gasteiger charge is 2.54. The molecule has 3 aliphatic heterocycles. The van der Waals surface area contributed by atoms with Gasteiger partial charge in [-0.05, 0) is 106 Å². The lowest BCUT2D eigenvalue weighted by Crippen LogP contribution is -2.61. The van der Waals surface area contributed by atoms with Crippen LogP contribution in [0.4, 0.5) is 19.3 Å². The molecule has 3 saturated heterocycles. The van der Waals surface area contributed by atoms with Crippen LogP contribution in [-0.4, -0.2) is 94.2 Å². The molecule has 2 aromatic carbocycles. The topological polar surface area (TPSA) is 96.2 Å². The Morgan fingerprint density at radius 1 is 0.935 bits per heavy atom. The van der Waals surface area contributed by atoms with Crippen LogP contribution in [0, 0.1) is 23.6 Å². The molecule has 3 atom stereocenters. The standard InChI is InChI=1S/C35H46F2N4O4S/c36-27-4-1-3-26(17-27)35(23-40-21-28(37)22-40,32-5-2-6-33(32)45-34(38)42)25-13-15-39(16-14-25)18-24-19-41(20-24)29-7-9-30(10-8-29)46(43,44)31-11-12-31/h1,3-4,7-10,17,24-25,28,31-33H,2,5-6,11-16,18-23H2,(H2,38,42)/t32-,33-,35?/m0/s1. The molecule has 2 aromatic rings. The number of likely N-dealkylation sites (tertiary alicyclic amines) is 2. The average Bonchev–Trinajstić information content (AvgIpc) is 3.77. The summed E-state index contributed by atoms with van der Waals surface area (Å²) in [5.74, 6) is 0.438. The second kappa shape index (κ2) is 12.7. The van der Waals surface area contributed by atoms with Crippen LogP contribution in [0.3, 0.4) is 0 Å². The number of ether oxygens (including phenoxy) is 1. The Hall–Kier alpha value is -2.76. The van der Waals surface area contributed by atoms with Crippen molar-refractivity contribution < 1.29 is 26.7 Å². The smallest absolute Gasteiger partial charge is 0.404 e. The van der Waals surface area contributed by atoms with E-state index in [4.69, 9.17) is 10.5 Å². The Balaban J connectivity index is 1.03. The van der Waals surface area contributed by atoms with Crippen molar-refractivity contribution >= 4 is 21.6 Å². The van der Waals surface area contributed by atoms with Crippen molar-refractivity contribution in [3.8, 4) is 0 Å². The predicted octanol–water partition coefficient (Wildman–Crippen LogP) is 4.77. The summed E-state index contributed by atoms with van der Waals surface area (Å²) in [5, 5.41) is -0.198. The Morgan fingerprint density at radius 2 is 1.65 bits per heavy atom. The number of hydrogen-bond acceptors (Lipinski definition) is 7. The lowest BCUT2D eigenvalue weighted by molar-refractivity contribution is -0.0317. The first kappa shape index (κ1) is 31.8. The maximum Gasteiger partial charge on any atom is 0.404 e. The van der Waals surface area contributed by atoms with Crippen molar-refractivity contribution in [1.82, 2.24) is 9.80 Å². The van der Waals surface area contributed by atoms with Gasteiger partial charge in [-0.25, -0.2) is 22.0 Å². The number of nitrogens with zero attached hydrogens (tertiary/aromatic N) is 3. The summed E-state index contributed by atoms with van der Waals surface area (Å²) in [6.07, 6.45) is 3.91. The summed E-state index contributed by atoms with van der Waals surface area (Å²) in [6.45, 7) is 6.09. The van der Waals surface area contributed by atoms with E-state index in [0.29, 0.717) is 30.4 Å².